The predicted octanol–water partition coefficient (Wildman–Crippen LogP) is 4.07. The van der Waals surface area contributed by atoms with Crippen molar-refractivity contribution >= 4 is 15.9 Å². The van der Waals surface area contributed by atoms with Crippen molar-refractivity contribution in [2.75, 3.05) is 4.72 Å². The zero-order valence-corrected chi connectivity index (χ0v) is 14.5. The van der Waals surface area contributed by atoms with Crippen molar-refractivity contribution < 1.29 is 12.9 Å². The first-order chi connectivity index (χ1) is 11.4. The summed E-state index contributed by atoms with van der Waals surface area (Å²) in [5, 5.41) is 3.73. The summed E-state index contributed by atoms with van der Waals surface area (Å²) >= 11 is 0. The number of aromatic nitrogens is 1. The minimum atomic E-state index is -3.74. The first-order valence-corrected chi connectivity index (χ1v) is 8.97. The number of anilines is 1. The van der Waals surface area contributed by atoms with Gasteiger partial charge in [0, 0.05) is 0 Å². The van der Waals surface area contributed by atoms with Gasteiger partial charge in [-0.05, 0) is 49.6 Å². The van der Waals surface area contributed by atoms with Crippen LogP contribution in [0, 0.1) is 20.8 Å². The molecule has 3 aromatic rings. The lowest BCUT2D eigenvalue weighted by Crippen LogP contribution is -2.13. The molecule has 1 heterocycles. The monoisotopic (exact) mass is 342 g/mol. The van der Waals surface area contributed by atoms with Gasteiger partial charge >= 0.3 is 0 Å². The van der Waals surface area contributed by atoms with Crippen molar-refractivity contribution in [1.82, 2.24) is 5.16 Å². The molecule has 0 fully saturated rings. The van der Waals surface area contributed by atoms with Gasteiger partial charge < -0.3 is 4.52 Å². The standard InChI is InChI=1S/C18H18N2O3S/c1-12-4-7-15(8-5-12)17-11-19-23-18(17)20-24(21,22)16-9-6-13(2)14(3)10-16/h4-11,20H,1-3H3. The highest BCUT2D eigenvalue weighted by atomic mass is 32.2. The Morgan fingerprint density at radius 2 is 1.67 bits per heavy atom. The van der Waals surface area contributed by atoms with Crippen molar-refractivity contribution in [2.45, 2.75) is 25.7 Å². The second-order valence-corrected chi connectivity index (χ2v) is 7.47. The molecule has 0 aliphatic rings. The molecule has 0 saturated carbocycles. The average Bonchev–Trinajstić information content (AvgIpc) is 2.98. The molecule has 0 atom stereocenters. The number of rotatable bonds is 4. The van der Waals surface area contributed by atoms with E-state index in [4.69, 9.17) is 4.52 Å². The molecule has 1 N–H and O–H groups in total. The molecule has 0 unspecified atom stereocenters. The highest BCUT2D eigenvalue weighted by molar-refractivity contribution is 7.92. The summed E-state index contributed by atoms with van der Waals surface area (Å²) in [6.07, 6.45) is 1.50. The zero-order chi connectivity index (χ0) is 17.3. The van der Waals surface area contributed by atoms with Gasteiger partial charge in [0.25, 0.3) is 10.0 Å². The van der Waals surface area contributed by atoms with Crippen molar-refractivity contribution in [1.29, 1.82) is 0 Å². The SMILES string of the molecule is Cc1ccc(-c2cnoc2NS(=O)(=O)c2ccc(C)c(C)c2)cc1. The molecule has 0 radical (unpaired) electrons. The molecule has 1 aromatic heterocycles. The van der Waals surface area contributed by atoms with Gasteiger partial charge in [0.05, 0.1) is 16.7 Å². The number of nitrogens with zero attached hydrogens (tertiary/aromatic N) is 1. The lowest BCUT2D eigenvalue weighted by molar-refractivity contribution is 0.435. The van der Waals surface area contributed by atoms with Crippen LogP contribution in [0.2, 0.25) is 0 Å². The smallest absolute Gasteiger partial charge is 0.264 e. The van der Waals surface area contributed by atoms with Gasteiger partial charge in [-0.15, -0.1) is 0 Å². The molecule has 2 aromatic carbocycles. The van der Waals surface area contributed by atoms with E-state index >= 15 is 0 Å². The van der Waals surface area contributed by atoms with Crippen LogP contribution in [0.1, 0.15) is 16.7 Å². The third-order valence-electron chi connectivity index (χ3n) is 3.95. The molecular formula is C18H18N2O3S. The maximum Gasteiger partial charge on any atom is 0.264 e. The van der Waals surface area contributed by atoms with E-state index in [0.29, 0.717) is 5.56 Å². The Kier molecular flexibility index (Phi) is 4.15. The van der Waals surface area contributed by atoms with Crippen molar-refractivity contribution in [3.05, 3.63) is 65.4 Å². The van der Waals surface area contributed by atoms with Gasteiger partial charge in [0.1, 0.15) is 0 Å². The predicted molar refractivity (Wildman–Crippen MR) is 93.4 cm³/mol. The van der Waals surface area contributed by atoms with Crippen molar-refractivity contribution in [3.63, 3.8) is 0 Å². The van der Waals surface area contributed by atoms with E-state index in [1.54, 1.807) is 18.2 Å². The van der Waals surface area contributed by atoms with Crippen molar-refractivity contribution in [3.8, 4) is 11.1 Å². The van der Waals surface area contributed by atoms with E-state index in [1.807, 2.05) is 45.0 Å². The van der Waals surface area contributed by atoms with Crippen LogP contribution in [-0.2, 0) is 10.0 Å². The second kappa shape index (κ2) is 6.13. The Labute approximate surface area is 141 Å². The molecular weight excluding hydrogens is 324 g/mol. The minimum Gasteiger partial charge on any atom is -0.337 e. The van der Waals surface area contributed by atoms with Crippen molar-refractivity contribution in [2.24, 2.45) is 0 Å². The number of benzene rings is 2. The molecule has 0 aliphatic heterocycles. The van der Waals surface area contributed by atoms with Gasteiger partial charge in [-0.25, -0.2) is 13.1 Å². The third kappa shape index (κ3) is 3.19. The Balaban J connectivity index is 1.95. The van der Waals surface area contributed by atoms with Crippen LogP contribution < -0.4 is 4.72 Å². The number of nitrogens with one attached hydrogen (secondary N) is 1. The highest BCUT2D eigenvalue weighted by Gasteiger charge is 2.20. The Bertz CT molecular complexity index is 974. The quantitative estimate of drug-likeness (QED) is 0.776. The lowest BCUT2D eigenvalue weighted by atomic mass is 10.1. The number of hydrogen-bond donors (Lipinski definition) is 1. The van der Waals surface area contributed by atoms with Gasteiger partial charge in [-0.2, -0.15) is 0 Å². The minimum absolute atomic E-state index is 0.108. The van der Waals surface area contributed by atoms with Crippen LogP contribution in [0.5, 0.6) is 0 Å². The fraction of sp³-hybridized carbons (Fsp3) is 0.167. The number of aryl methyl sites for hydroxylation is 3. The Morgan fingerprint density at radius 1 is 0.958 bits per heavy atom. The third-order valence-corrected chi connectivity index (χ3v) is 5.28. The Hall–Kier alpha value is -2.60. The van der Waals surface area contributed by atoms with Gasteiger partial charge in [-0.3, -0.25) is 0 Å². The molecule has 0 spiro atoms. The van der Waals surface area contributed by atoms with E-state index in [0.717, 1.165) is 22.3 Å². The van der Waals surface area contributed by atoms with Crippen LogP contribution in [0.4, 0.5) is 5.88 Å². The highest BCUT2D eigenvalue weighted by Crippen LogP contribution is 2.30. The molecule has 3 rings (SSSR count). The lowest BCUT2D eigenvalue weighted by Gasteiger charge is -2.09. The summed E-state index contributed by atoms with van der Waals surface area (Å²) in [6, 6.07) is 12.7. The van der Waals surface area contributed by atoms with E-state index < -0.39 is 10.0 Å². The van der Waals surface area contributed by atoms with Crippen LogP contribution in [0.3, 0.4) is 0 Å². The second-order valence-electron chi connectivity index (χ2n) is 5.79. The van der Waals surface area contributed by atoms with E-state index in [-0.39, 0.29) is 10.8 Å². The van der Waals surface area contributed by atoms with E-state index in [2.05, 4.69) is 9.88 Å². The Morgan fingerprint density at radius 3 is 2.33 bits per heavy atom. The maximum atomic E-state index is 12.6. The summed E-state index contributed by atoms with van der Waals surface area (Å²) in [5.74, 6) is 0.108. The van der Waals surface area contributed by atoms with Crippen LogP contribution >= 0.6 is 0 Å². The summed E-state index contributed by atoms with van der Waals surface area (Å²) in [7, 11) is -3.74. The molecule has 0 amide bonds. The maximum absolute atomic E-state index is 12.6. The summed E-state index contributed by atoms with van der Waals surface area (Å²) in [6.45, 7) is 5.80. The molecule has 0 aliphatic carbocycles. The summed E-state index contributed by atoms with van der Waals surface area (Å²) in [4.78, 5) is 0.192. The molecule has 6 heteroatoms. The summed E-state index contributed by atoms with van der Waals surface area (Å²) < 4.78 is 32.8. The number of hydrogen-bond acceptors (Lipinski definition) is 4. The molecule has 124 valence electrons. The number of sulfonamides is 1. The molecule has 0 bridgehead atoms. The first kappa shape index (κ1) is 16.3. The normalized spacial score (nSPS) is 11.5. The molecule has 5 nitrogen and oxygen atoms in total. The average molecular weight is 342 g/mol. The fourth-order valence-corrected chi connectivity index (χ4v) is 3.40. The topological polar surface area (TPSA) is 72.2 Å². The van der Waals surface area contributed by atoms with Crippen LogP contribution in [0.25, 0.3) is 11.1 Å². The zero-order valence-electron chi connectivity index (χ0n) is 13.7. The molecule has 0 saturated heterocycles. The van der Waals surface area contributed by atoms with E-state index in [1.165, 1.54) is 6.20 Å². The molecule has 24 heavy (non-hydrogen) atoms. The van der Waals surface area contributed by atoms with Gasteiger partial charge in [0.2, 0.25) is 5.88 Å². The van der Waals surface area contributed by atoms with E-state index in [9.17, 15) is 8.42 Å². The summed E-state index contributed by atoms with van der Waals surface area (Å²) in [5.41, 5.74) is 4.50. The van der Waals surface area contributed by atoms with Crippen LogP contribution in [-0.4, -0.2) is 13.6 Å². The van der Waals surface area contributed by atoms with Gasteiger partial charge in [-0.1, -0.05) is 41.1 Å². The largest absolute Gasteiger partial charge is 0.337 e. The fourth-order valence-electron chi connectivity index (χ4n) is 2.31. The van der Waals surface area contributed by atoms with Crippen LogP contribution in [0.15, 0.2) is 58.1 Å². The van der Waals surface area contributed by atoms with Gasteiger partial charge in [0.15, 0.2) is 0 Å². The first-order valence-electron chi connectivity index (χ1n) is 7.48.